The van der Waals surface area contributed by atoms with Gasteiger partial charge >= 0.3 is 17.8 Å². The van der Waals surface area contributed by atoms with Crippen molar-refractivity contribution in [3.63, 3.8) is 0 Å². The zero-order valence-electron chi connectivity index (χ0n) is 19.1. The van der Waals surface area contributed by atoms with Gasteiger partial charge in [0.05, 0.1) is 18.0 Å². The molecule has 0 aliphatic heterocycles. The van der Waals surface area contributed by atoms with Crippen molar-refractivity contribution in [3.8, 4) is 11.1 Å². The number of aromatic nitrogens is 3. The molecule has 0 bridgehead atoms. The molecule has 0 amide bonds. The van der Waals surface area contributed by atoms with E-state index in [1.165, 1.54) is 10.9 Å². The molecule has 0 aliphatic carbocycles. The van der Waals surface area contributed by atoms with Gasteiger partial charge in [-0.1, -0.05) is 30.3 Å². The van der Waals surface area contributed by atoms with Gasteiger partial charge in [-0.05, 0) is 34.9 Å². The monoisotopic (exact) mass is 548 g/mol. The number of hydrogen-bond acceptors (Lipinski definition) is 6. The number of nitrogens with zero attached hydrogens (tertiary/aromatic N) is 3. The molecule has 15 heteroatoms. The lowest BCUT2D eigenvalue weighted by Gasteiger charge is -2.07. The first kappa shape index (κ1) is 29.4. The molecule has 0 saturated heterocycles. The van der Waals surface area contributed by atoms with Crippen molar-refractivity contribution < 1.29 is 40.3 Å². The fraction of sp³-hybridized carbons (Fsp3) is 0.227. The van der Waals surface area contributed by atoms with Crippen LogP contribution in [0.1, 0.15) is 5.56 Å². The molecule has 0 unspecified atom stereocenters. The number of halogens is 5. The lowest BCUT2D eigenvalue weighted by molar-refractivity contribution is -0.192. The minimum atomic E-state index is -5.08. The second-order valence-electron chi connectivity index (χ2n) is 7.57. The first-order valence-corrected chi connectivity index (χ1v) is 12.1. The van der Waals surface area contributed by atoms with E-state index in [-0.39, 0.29) is 30.1 Å². The molecular formula is C22H21F5N4O5S. The molecule has 3 rings (SSSR count). The van der Waals surface area contributed by atoms with Crippen LogP contribution in [0.25, 0.3) is 11.1 Å². The highest BCUT2D eigenvalue weighted by Gasteiger charge is 2.38. The highest BCUT2D eigenvalue weighted by molar-refractivity contribution is 7.90. The van der Waals surface area contributed by atoms with Gasteiger partial charge in [-0.3, -0.25) is 4.57 Å². The van der Waals surface area contributed by atoms with Gasteiger partial charge in [-0.15, -0.1) is 0 Å². The Bertz CT molecular complexity index is 1440. The van der Waals surface area contributed by atoms with Crippen LogP contribution >= 0.6 is 0 Å². The number of alkyl halides is 3. The summed E-state index contributed by atoms with van der Waals surface area (Å²) in [6.45, 7) is -0.521. The van der Waals surface area contributed by atoms with E-state index in [1.807, 2.05) is 24.3 Å². The Hall–Kier alpha value is -3.85. The average Bonchev–Trinajstić information content (AvgIpc) is 3.15. The molecule has 1 aromatic heterocycles. The quantitative estimate of drug-likeness (QED) is 0.433. The molecule has 9 nitrogen and oxygen atoms in total. The molecule has 37 heavy (non-hydrogen) atoms. The molecule has 0 spiro atoms. The summed E-state index contributed by atoms with van der Waals surface area (Å²) in [6.07, 6.45) is -4.55. The van der Waals surface area contributed by atoms with Crippen LogP contribution in [0.2, 0.25) is 0 Å². The van der Waals surface area contributed by atoms with E-state index in [9.17, 15) is 35.2 Å². The summed E-state index contributed by atoms with van der Waals surface area (Å²) in [7, 11) is -3.27. The van der Waals surface area contributed by atoms with Crippen LogP contribution in [0, 0.1) is 0 Å². The summed E-state index contributed by atoms with van der Waals surface area (Å²) < 4.78 is 82.8. The van der Waals surface area contributed by atoms with Crippen molar-refractivity contribution in [1.82, 2.24) is 14.3 Å². The van der Waals surface area contributed by atoms with E-state index in [0.29, 0.717) is 0 Å². The maximum Gasteiger partial charge on any atom is 0.490 e. The number of benzene rings is 2. The van der Waals surface area contributed by atoms with Crippen molar-refractivity contribution in [2.24, 2.45) is 5.73 Å². The second kappa shape index (κ2) is 11.9. The van der Waals surface area contributed by atoms with E-state index in [0.717, 1.165) is 27.6 Å². The van der Waals surface area contributed by atoms with Crippen LogP contribution < -0.4 is 11.4 Å². The summed E-state index contributed by atoms with van der Waals surface area (Å²) in [5, 5.41) is 11.0. The van der Waals surface area contributed by atoms with E-state index >= 15 is 0 Å². The molecule has 0 radical (unpaired) electrons. The zero-order valence-corrected chi connectivity index (χ0v) is 19.9. The third-order valence-corrected chi connectivity index (χ3v) is 5.92. The Balaban J connectivity index is 0.000000604. The minimum absolute atomic E-state index is 0.202. The Morgan fingerprint density at radius 3 is 2.16 bits per heavy atom. The topological polar surface area (TPSA) is 137 Å². The fourth-order valence-corrected chi connectivity index (χ4v) is 3.54. The smallest absolute Gasteiger partial charge is 0.475 e. The number of hydrogen-bond donors (Lipinski definition) is 2. The highest BCUT2D eigenvalue weighted by atomic mass is 32.2. The van der Waals surface area contributed by atoms with Crippen LogP contribution in [0.15, 0.2) is 76.2 Å². The molecule has 0 atom stereocenters. The maximum atomic E-state index is 12.8. The van der Waals surface area contributed by atoms with E-state index in [1.54, 1.807) is 24.3 Å². The Morgan fingerprint density at radius 2 is 1.68 bits per heavy atom. The second-order valence-corrected chi connectivity index (χ2v) is 9.58. The molecule has 0 fully saturated rings. The van der Waals surface area contributed by atoms with Crippen LogP contribution in [0.3, 0.4) is 0 Å². The summed E-state index contributed by atoms with van der Waals surface area (Å²) in [4.78, 5) is 21.6. The highest BCUT2D eigenvalue weighted by Crippen LogP contribution is 2.22. The third-order valence-electron chi connectivity index (χ3n) is 4.79. The predicted octanol–water partition coefficient (Wildman–Crippen LogP) is 2.91. The summed E-state index contributed by atoms with van der Waals surface area (Å²) in [5.41, 5.74) is 6.89. The van der Waals surface area contributed by atoms with Crippen molar-refractivity contribution in [3.05, 3.63) is 82.6 Å². The minimum Gasteiger partial charge on any atom is -0.475 e. The molecule has 1 heterocycles. The first-order valence-electron chi connectivity index (χ1n) is 10.2. The van der Waals surface area contributed by atoms with Gasteiger partial charge in [0.2, 0.25) is 0 Å². The number of nitrogens with two attached hydrogens (primary N) is 1. The lowest BCUT2D eigenvalue weighted by atomic mass is 10.0. The fourth-order valence-electron chi connectivity index (χ4n) is 2.91. The average molecular weight is 548 g/mol. The van der Waals surface area contributed by atoms with Gasteiger partial charge in [-0.2, -0.15) is 27.1 Å². The van der Waals surface area contributed by atoms with Crippen LogP contribution in [-0.4, -0.2) is 52.8 Å². The first-order chi connectivity index (χ1) is 17.1. The van der Waals surface area contributed by atoms with Gasteiger partial charge < -0.3 is 10.8 Å². The number of carboxylic acids is 1. The van der Waals surface area contributed by atoms with E-state index in [4.69, 9.17) is 15.6 Å². The van der Waals surface area contributed by atoms with Gasteiger partial charge in [-0.25, -0.2) is 22.7 Å². The molecule has 0 aliphatic rings. The molecule has 3 N–H and O–H groups in total. The summed E-state index contributed by atoms with van der Waals surface area (Å²) in [5.74, 6) is -2.76. The van der Waals surface area contributed by atoms with Crippen LogP contribution in [-0.2, 0) is 27.7 Å². The van der Waals surface area contributed by atoms with Crippen molar-refractivity contribution in [2.75, 3.05) is 12.8 Å². The third kappa shape index (κ3) is 8.35. The number of carboxylic acid groups (broad SMARTS) is 1. The van der Waals surface area contributed by atoms with Crippen molar-refractivity contribution in [1.29, 1.82) is 0 Å². The molecule has 3 aromatic rings. The Labute approximate surface area is 207 Å². The number of rotatable bonds is 7. The zero-order chi connectivity index (χ0) is 28.0. The van der Waals surface area contributed by atoms with Gasteiger partial charge in [0.25, 0.3) is 6.08 Å². The molecule has 200 valence electrons. The Morgan fingerprint density at radius 1 is 1.08 bits per heavy atom. The van der Waals surface area contributed by atoms with Gasteiger partial charge in [0.1, 0.15) is 6.33 Å². The van der Waals surface area contributed by atoms with E-state index < -0.39 is 33.8 Å². The van der Waals surface area contributed by atoms with E-state index in [2.05, 4.69) is 5.10 Å². The summed E-state index contributed by atoms with van der Waals surface area (Å²) in [6, 6.07) is 13.9. The molecule has 2 aromatic carbocycles. The number of carbonyl (C=O) groups is 1. The molecular weight excluding hydrogens is 527 g/mol. The maximum absolute atomic E-state index is 12.8. The largest absolute Gasteiger partial charge is 0.490 e. The van der Waals surface area contributed by atoms with Crippen molar-refractivity contribution in [2.45, 2.75) is 24.2 Å². The normalized spacial score (nSPS) is 11.4. The standard InChI is InChI=1S/C20H20F2N4O3S.C2HF3O2/c1-30(28,29)18-7-5-15(6-8-18)16-4-2-3-14(9-16)11-25-13-24-26(20(25)27)12-17(10-23)19(21)22;3-2(4,5)1(6)7/h2-9,13H,10-12,23H2,1H3;(H,6,7). The van der Waals surface area contributed by atoms with Gasteiger partial charge in [0, 0.05) is 18.4 Å². The van der Waals surface area contributed by atoms with Crippen LogP contribution in [0.4, 0.5) is 22.0 Å². The van der Waals surface area contributed by atoms with Gasteiger partial charge in [0.15, 0.2) is 9.84 Å². The predicted molar refractivity (Wildman–Crippen MR) is 123 cm³/mol. The van der Waals surface area contributed by atoms with Crippen molar-refractivity contribution >= 4 is 15.8 Å². The molecule has 0 saturated carbocycles. The lowest BCUT2D eigenvalue weighted by Crippen LogP contribution is -2.27. The SMILES string of the molecule is CS(=O)(=O)c1ccc(-c2cccc(Cn3cnn(CC(CN)=C(F)F)c3=O)c2)cc1.O=C(O)C(F)(F)F. The summed E-state index contributed by atoms with van der Waals surface area (Å²) >= 11 is 0. The Kier molecular flexibility index (Phi) is 9.47. The number of aliphatic carboxylic acids is 1. The van der Waals surface area contributed by atoms with Crippen LogP contribution in [0.5, 0.6) is 0 Å². The number of sulfone groups is 1.